The number of hydrogen-bond acceptors (Lipinski definition) is 3. The number of ether oxygens (including phenoxy) is 2. The molecule has 2 rings (SSSR count). The lowest BCUT2D eigenvalue weighted by atomic mass is 10.4. The molecule has 1 aromatic heterocycles. The fourth-order valence-electron chi connectivity index (χ4n) is 1.26. The van der Waals surface area contributed by atoms with Gasteiger partial charge in [0.1, 0.15) is 0 Å². The van der Waals surface area contributed by atoms with E-state index in [1.165, 1.54) is 0 Å². The largest absolute Gasteiger partial charge is 0.478 e. The summed E-state index contributed by atoms with van der Waals surface area (Å²) in [5.74, 6) is 1.49. The van der Waals surface area contributed by atoms with Gasteiger partial charge in [-0.25, -0.2) is 4.68 Å². The van der Waals surface area contributed by atoms with Crippen LogP contribution in [0.2, 0.25) is 0 Å². The van der Waals surface area contributed by atoms with E-state index in [1.807, 2.05) is 17.7 Å². The van der Waals surface area contributed by atoms with Crippen LogP contribution < -0.4 is 9.47 Å². The fourth-order valence-corrected chi connectivity index (χ4v) is 1.26. The molecular weight excluding hydrogens is 156 g/mol. The lowest BCUT2D eigenvalue weighted by Crippen LogP contribution is -2.14. The third kappa shape index (κ3) is 1.24. The second-order valence-corrected chi connectivity index (χ2v) is 2.68. The van der Waals surface area contributed by atoms with E-state index in [-0.39, 0.29) is 0 Å². The van der Waals surface area contributed by atoms with Crippen LogP contribution in [0.15, 0.2) is 6.07 Å². The molecule has 12 heavy (non-hydrogen) atoms. The Kier molecular flexibility index (Phi) is 1.89. The maximum absolute atomic E-state index is 5.37. The molecule has 0 saturated carbocycles. The van der Waals surface area contributed by atoms with Gasteiger partial charge in [0.25, 0.3) is 0 Å². The van der Waals surface area contributed by atoms with Gasteiger partial charge in [0, 0.05) is 13.0 Å². The van der Waals surface area contributed by atoms with Crippen molar-refractivity contribution < 1.29 is 9.47 Å². The fraction of sp³-hybridized carbons (Fsp3) is 0.625. The van der Waals surface area contributed by atoms with Gasteiger partial charge in [-0.15, -0.1) is 5.10 Å². The predicted molar refractivity (Wildman–Crippen MR) is 43.5 cm³/mol. The van der Waals surface area contributed by atoms with E-state index in [2.05, 4.69) is 5.10 Å². The van der Waals surface area contributed by atoms with Crippen molar-refractivity contribution in [2.45, 2.75) is 19.9 Å². The normalized spacial score (nSPS) is 15.1. The summed E-state index contributed by atoms with van der Waals surface area (Å²) in [6.45, 7) is 4.31. The highest BCUT2D eigenvalue weighted by atomic mass is 16.5. The Hall–Kier alpha value is -1.19. The van der Waals surface area contributed by atoms with E-state index in [4.69, 9.17) is 9.47 Å². The van der Waals surface area contributed by atoms with Gasteiger partial charge in [-0.05, 0) is 6.92 Å². The third-order valence-corrected chi connectivity index (χ3v) is 1.78. The maximum atomic E-state index is 5.37. The van der Waals surface area contributed by atoms with Gasteiger partial charge in [0.15, 0.2) is 0 Å². The molecule has 0 saturated heterocycles. The van der Waals surface area contributed by atoms with Gasteiger partial charge in [-0.2, -0.15) is 0 Å². The maximum Gasteiger partial charge on any atom is 0.236 e. The van der Waals surface area contributed by atoms with E-state index < -0.39 is 0 Å². The van der Waals surface area contributed by atoms with Crippen molar-refractivity contribution in [3.8, 4) is 11.8 Å². The number of fused-ring (bicyclic) bond motifs is 1. The molecule has 0 aromatic carbocycles. The summed E-state index contributed by atoms with van der Waals surface area (Å²) in [5.41, 5.74) is 0. The molecule has 4 nitrogen and oxygen atoms in total. The SMILES string of the molecule is CCOc1cc2n(n1)CCCO2. The molecule has 0 bridgehead atoms. The Balaban J connectivity index is 2.20. The zero-order chi connectivity index (χ0) is 8.39. The topological polar surface area (TPSA) is 36.3 Å². The molecule has 0 fully saturated rings. The van der Waals surface area contributed by atoms with Crippen molar-refractivity contribution in [3.63, 3.8) is 0 Å². The Morgan fingerprint density at radius 2 is 2.67 bits per heavy atom. The Morgan fingerprint density at radius 1 is 1.75 bits per heavy atom. The minimum Gasteiger partial charge on any atom is -0.478 e. The highest BCUT2D eigenvalue weighted by molar-refractivity contribution is 5.21. The first kappa shape index (κ1) is 7.46. The third-order valence-electron chi connectivity index (χ3n) is 1.78. The smallest absolute Gasteiger partial charge is 0.236 e. The monoisotopic (exact) mass is 168 g/mol. The summed E-state index contributed by atoms with van der Waals surface area (Å²) in [6, 6.07) is 1.84. The van der Waals surface area contributed by atoms with E-state index in [9.17, 15) is 0 Å². The summed E-state index contributed by atoms with van der Waals surface area (Å²) in [6.07, 6.45) is 1.03. The number of aryl methyl sites for hydroxylation is 1. The molecule has 0 atom stereocenters. The van der Waals surface area contributed by atoms with Gasteiger partial charge in [-0.1, -0.05) is 0 Å². The standard InChI is InChI=1S/C8H12N2O2/c1-2-11-7-6-8-10(9-7)4-3-5-12-8/h6H,2-5H2,1H3. The molecule has 1 aliphatic rings. The van der Waals surface area contributed by atoms with Crippen molar-refractivity contribution in [2.75, 3.05) is 13.2 Å². The zero-order valence-electron chi connectivity index (χ0n) is 7.12. The van der Waals surface area contributed by atoms with Crippen molar-refractivity contribution in [1.29, 1.82) is 0 Å². The molecule has 1 aliphatic heterocycles. The number of nitrogens with zero attached hydrogens (tertiary/aromatic N) is 2. The summed E-state index contributed by atoms with van der Waals surface area (Å²) < 4.78 is 12.5. The molecule has 0 spiro atoms. The first-order valence-electron chi connectivity index (χ1n) is 4.23. The first-order chi connectivity index (χ1) is 5.90. The van der Waals surface area contributed by atoms with Crippen LogP contribution in [0.3, 0.4) is 0 Å². The lowest BCUT2D eigenvalue weighted by Gasteiger charge is -2.13. The van der Waals surface area contributed by atoms with Crippen LogP contribution in [0.5, 0.6) is 11.8 Å². The molecule has 4 heteroatoms. The van der Waals surface area contributed by atoms with Crippen molar-refractivity contribution in [2.24, 2.45) is 0 Å². The van der Waals surface area contributed by atoms with E-state index in [1.54, 1.807) is 0 Å². The van der Waals surface area contributed by atoms with Crippen molar-refractivity contribution in [3.05, 3.63) is 6.07 Å². The van der Waals surface area contributed by atoms with E-state index in [0.29, 0.717) is 12.5 Å². The molecule has 2 heterocycles. The number of hydrogen-bond donors (Lipinski definition) is 0. The van der Waals surface area contributed by atoms with Gasteiger partial charge < -0.3 is 9.47 Å². The van der Waals surface area contributed by atoms with Crippen LogP contribution in [0.4, 0.5) is 0 Å². The molecule has 0 unspecified atom stereocenters. The van der Waals surface area contributed by atoms with Crippen LogP contribution in [0, 0.1) is 0 Å². The Morgan fingerprint density at radius 3 is 3.42 bits per heavy atom. The summed E-state index contributed by atoms with van der Waals surface area (Å²) >= 11 is 0. The average molecular weight is 168 g/mol. The lowest BCUT2D eigenvalue weighted by molar-refractivity contribution is 0.229. The molecule has 1 aromatic rings. The van der Waals surface area contributed by atoms with Gasteiger partial charge in [0.05, 0.1) is 19.3 Å². The van der Waals surface area contributed by atoms with Crippen LogP contribution in [-0.2, 0) is 6.54 Å². The Bertz CT molecular complexity index is 247. The molecule has 66 valence electrons. The van der Waals surface area contributed by atoms with Crippen LogP contribution in [0.25, 0.3) is 0 Å². The van der Waals surface area contributed by atoms with Crippen LogP contribution >= 0.6 is 0 Å². The van der Waals surface area contributed by atoms with Gasteiger partial charge >= 0.3 is 0 Å². The number of aromatic nitrogens is 2. The van der Waals surface area contributed by atoms with Crippen molar-refractivity contribution >= 4 is 0 Å². The summed E-state index contributed by atoms with van der Waals surface area (Å²) in [4.78, 5) is 0. The minimum absolute atomic E-state index is 0.649. The minimum atomic E-state index is 0.649. The highest BCUT2D eigenvalue weighted by Gasteiger charge is 2.13. The average Bonchev–Trinajstić information content (AvgIpc) is 2.47. The predicted octanol–water partition coefficient (Wildman–Crippen LogP) is 1.06. The van der Waals surface area contributed by atoms with E-state index >= 15 is 0 Å². The van der Waals surface area contributed by atoms with Gasteiger partial charge in [-0.3, -0.25) is 0 Å². The highest BCUT2D eigenvalue weighted by Crippen LogP contribution is 2.22. The second-order valence-electron chi connectivity index (χ2n) is 2.68. The molecule has 0 aliphatic carbocycles. The second kappa shape index (κ2) is 3.05. The molecule has 0 amide bonds. The zero-order valence-corrected chi connectivity index (χ0v) is 7.12. The first-order valence-corrected chi connectivity index (χ1v) is 4.23. The Labute approximate surface area is 71.1 Å². The van der Waals surface area contributed by atoms with E-state index in [0.717, 1.165) is 25.5 Å². The van der Waals surface area contributed by atoms with Crippen molar-refractivity contribution in [1.82, 2.24) is 9.78 Å². The van der Waals surface area contributed by atoms with Crippen LogP contribution in [-0.4, -0.2) is 23.0 Å². The number of rotatable bonds is 2. The molecule has 0 radical (unpaired) electrons. The molecule has 0 N–H and O–H groups in total. The quantitative estimate of drug-likeness (QED) is 0.662. The molecular formula is C8H12N2O2. The van der Waals surface area contributed by atoms with Gasteiger partial charge in [0.2, 0.25) is 11.8 Å². The van der Waals surface area contributed by atoms with Crippen LogP contribution in [0.1, 0.15) is 13.3 Å². The summed E-state index contributed by atoms with van der Waals surface area (Å²) in [5, 5.41) is 4.21. The summed E-state index contributed by atoms with van der Waals surface area (Å²) in [7, 11) is 0.